The van der Waals surface area contributed by atoms with E-state index in [2.05, 4.69) is 36.1 Å². The van der Waals surface area contributed by atoms with E-state index in [0.29, 0.717) is 6.54 Å². The van der Waals surface area contributed by atoms with Crippen LogP contribution in [0.5, 0.6) is 0 Å². The average molecular weight is 212 g/mol. The van der Waals surface area contributed by atoms with E-state index < -0.39 is 0 Å². The topological polar surface area (TPSA) is 77.3 Å². The summed E-state index contributed by atoms with van der Waals surface area (Å²) in [6.07, 6.45) is 0. The molecule has 0 unspecified atom stereocenters. The van der Waals surface area contributed by atoms with Gasteiger partial charge in [0, 0.05) is 10.8 Å². The highest BCUT2D eigenvalue weighted by molar-refractivity contribution is 7.09. The molecule has 14 heavy (non-hydrogen) atoms. The summed E-state index contributed by atoms with van der Waals surface area (Å²) in [7, 11) is 0. The highest BCUT2D eigenvalue weighted by Crippen LogP contribution is 2.23. The molecule has 1 rings (SSSR count). The summed E-state index contributed by atoms with van der Waals surface area (Å²) in [6.45, 7) is 6.87. The van der Waals surface area contributed by atoms with Crippen molar-refractivity contribution in [3.8, 4) is 0 Å². The average Bonchev–Trinajstić information content (AvgIpc) is 2.47. The lowest BCUT2D eigenvalue weighted by atomic mass is 9.93. The third-order valence-corrected chi connectivity index (χ3v) is 2.55. The van der Waals surface area contributed by atoms with Gasteiger partial charge < -0.3 is 11.5 Å². The monoisotopic (exact) mass is 212 g/mol. The molecule has 0 aliphatic heterocycles. The Balaban J connectivity index is 2.74. The SMILES string of the molecule is CC(C)(C)c1csc(CN=C(N)N)n1. The van der Waals surface area contributed by atoms with E-state index in [-0.39, 0.29) is 11.4 Å². The third-order valence-electron chi connectivity index (χ3n) is 1.72. The summed E-state index contributed by atoms with van der Waals surface area (Å²) in [5.41, 5.74) is 11.7. The van der Waals surface area contributed by atoms with Gasteiger partial charge in [0.15, 0.2) is 5.96 Å². The van der Waals surface area contributed by atoms with Crippen LogP contribution in [0.4, 0.5) is 0 Å². The Kier molecular flexibility index (Phi) is 3.10. The van der Waals surface area contributed by atoms with Gasteiger partial charge in [0.25, 0.3) is 0 Å². The molecule has 5 heteroatoms. The molecule has 0 amide bonds. The number of hydrogen-bond acceptors (Lipinski definition) is 3. The van der Waals surface area contributed by atoms with Crippen LogP contribution in [-0.4, -0.2) is 10.9 Å². The lowest BCUT2D eigenvalue weighted by Crippen LogP contribution is -2.22. The van der Waals surface area contributed by atoms with Gasteiger partial charge in [-0.05, 0) is 0 Å². The van der Waals surface area contributed by atoms with Crippen molar-refractivity contribution >= 4 is 17.3 Å². The number of guanidine groups is 1. The molecule has 78 valence electrons. The van der Waals surface area contributed by atoms with Crippen molar-refractivity contribution in [3.05, 3.63) is 16.1 Å². The molecule has 4 nitrogen and oxygen atoms in total. The van der Waals surface area contributed by atoms with E-state index in [9.17, 15) is 0 Å². The second-order valence-electron chi connectivity index (χ2n) is 4.12. The molecule has 0 aromatic carbocycles. The summed E-state index contributed by atoms with van der Waals surface area (Å²) in [6, 6.07) is 0. The molecule has 1 heterocycles. The van der Waals surface area contributed by atoms with Crippen LogP contribution in [0.1, 0.15) is 31.5 Å². The van der Waals surface area contributed by atoms with E-state index in [4.69, 9.17) is 11.5 Å². The predicted octanol–water partition coefficient (Wildman–Crippen LogP) is 1.21. The van der Waals surface area contributed by atoms with Crippen LogP contribution in [0, 0.1) is 0 Å². The fourth-order valence-corrected chi connectivity index (χ4v) is 1.83. The van der Waals surface area contributed by atoms with Crippen LogP contribution in [-0.2, 0) is 12.0 Å². The molecule has 1 aromatic rings. The van der Waals surface area contributed by atoms with E-state index >= 15 is 0 Å². The fourth-order valence-electron chi connectivity index (χ4n) is 0.887. The van der Waals surface area contributed by atoms with Crippen LogP contribution >= 0.6 is 11.3 Å². The zero-order chi connectivity index (χ0) is 10.8. The predicted molar refractivity (Wildman–Crippen MR) is 60.3 cm³/mol. The maximum atomic E-state index is 5.24. The van der Waals surface area contributed by atoms with E-state index in [1.54, 1.807) is 11.3 Å². The third kappa shape index (κ3) is 2.99. The fraction of sp³-hybridized carbons (Fsp3) is 0.556. The molecule has 0 aliphatic rings. The first-order valence-electron chi connectivity index (χ1n) is 4.40. The molecule has 0 saturated carbocycles. The van der Waals surface area contributed by atoms with Gasteiger partial charge in [-0.3, -0.25) is 0 Å². The smallest absolute Gasteiger partial charge is 0.186 e. The summed E-state index contributed by atoms with van der Waals surface area (Å²) in [5, 5.41) is 3.00. The van der Waals surface area contributed by atoms with E-state index in [1.165, 1.54) is 0 Å². The number of hydrogen-bond donors (Lipinski definition) is 2. The van der Waals surface area contributed by atoms with E-state index in [1.807, 2.05) is 0 Å². The number of rotatable bonds is 2. The highest BCUT2D eigenvalue weighted by Gasteiger charge is 2.16. The van der Waals surface area contributed by atoms with Crippen molar-refractivity contribution < 1.29 is 0 Å². The molecule has 0 aliphatic carbocycles. The number of nitrogens with two attached hydrogens (primary N) is 2. The first kappa shape index (κ1) is 11.0. The summed E-state index contributed by atoms with van der Waals surface area (Å²) in [5.74, 6) is 0.109. The maximum absolute atomic E-state index is 5.24. The quantitative estimate of drug-likeness (QED) is 0.571. The van der Waals surface area contributed by atoms with Gasteiger partial charge in [-0.1, -0.05) is 20.8 Å². The minimum absolute atomic E-state index is 0.0900. The molecule has 1 aromatic heterocycles. The zero-order valence-corrected chi connectivity index (χ0v) is 9.56. The number of aromatic nitrogens is 1. The molecule has 0 saturated heterocycles. The van der Waals surface area contributed by atoms with Gasteiger partial charge in [0.1, 0.15) is 5.01 Å². The summed E-state index contributed by atoms with van der Waals surface area (Å²) in [4.78, 5) is 8.36. The first-order chi connectivity index (χ1) is 6.39. The highest BCUT2D eigenvalue weighted by atomic mass is 32.1. The summed E-state index contributed by atoms with van der Waals surface area (Å²) < 4.78 is 0. The normalized spacial score (nSPS) is 11.4. The Labute approximate surface area is 88.1 Å². The van der Waals surface area contributed by atoms with Crippen molar-refractivity contribution in [1.82, 2.24) is 4.98 Å². The van der Waals surface area contributed by atoms with Crippen molar-refractivity contribution in [3.63, 3.8) is 0 Å². The first-order valence-corrected chi connectivity index (χ1v) is 5.28. The minimum Gasteiger partial charge on any atom is -0.370 e. The van der Waals surface area contributed by atoms with Crippen LogP contribution in [0.25, 0.3) is 0 Å². The minimum atomic E-state index is 0.0900. The Morgan fingerprint density at radius 2 is 2.14 bits per heavy atom. The second kappa shape index (κ2) is 3.96. The molecular weight excluding hydrogens is 196 g/mol. The number of thiazole rings is 1. The van der Waals surface area contributed by atoms with Crippen LogP contribution < -0.4 is 11.5 Å². The van der Waals surface area contributed by atoms with E-state index in [0.717, 1.165) is 10.7 Å². The Bertz CT molecular complexity index is 331. The van der Waals surface area contributed by atoms with Crippen molar-refractivity contribution in [2.75, 3.05) is 0 Å². The van der Waals surface area contributed by atoms with Gasteiger partial charge in [0.2, 0.25) is 0 Å². The molecule has 0 bridgehead atoms. The van der Waals surface area contributed by atoms with Crippen molar-refractivity contribution in [1.29, 1.82) is 0 Å². The molecule has 0 radical (unpaired) electrons. The summed E-state index contributed by atoms with van der Waals surface area (Å²) >= 11 is 1.59. The van der Waals surface area contributed by atoms with Gasteiger partial charge >= 0.3 is 0 Å². The molecule has 4 N–H and O–H groups in total. The molecule has 0 atom stereocenters. The maximum Gasteiger partial charge on any atom is 0.186 e. The van der Waals surface area contributed by atoms with Gasteiger partial charge in [-0.25, -0.2) is 9.98 Å². The van der Waals surface area contributed by atoms with Crippen molar-refractivity contribution in [2.24, 2.45) is 16.5 Å². The number of nitrogens with zero attached hydrogens (tertiary/aromatic N) is 2. The largest absolute Gasteiger partial charge is 0.370 e. The Morgan fingerprint density at radius 1 is 1.50 bits per heavy atom. The van der Waals surface area contributed by atoms with Crippen LogP contribution in [0.3, 0.4) is 0 Å². The molecule has 0 spiro atoms. The zero-order valence-electron chi connectivity index (χ0n) is 8.74. The van der Waals surface area contributed by atoms with Gasteiger partial charge in [0.05, 0.1) is 12.2 Å². The Hall–Kier alpha value is -1.10. The molecular formula is C9H16N4S. The van der Waals surface area contributed by atoms with Crippen LogP contribution in [0.2, 0.25) is 0 Å². The lowest BCUT2D eigenvalue weighted by Gasteiger charge is -2.14. The lowest BCUT2D eigenvalue weighted by molar-refractivity contribution is 0.571. The van der Waals surface area contributed by atoms with Crippen LogP contribution in [0.15, 0.2) is 10.4 Å². The van der Waals surface area contributed by atoms with Gasteiger partial charge in [-0.2, -0.15) is 0 Å². The van der Waals surface area contributed by atoms with Gasteiger partial charge in [-0.15, -0.1) is 11.3 Å². The standard InChI is InChI=1S/C9H16N4S/c1-9(2,3)6-5-14-7(13-6)4-12-8(10)11/h5H,4H2,1-3H3,(H4,10,11,12). The molecule has 0 fully saturated rings. The number of aliphatic imine (C=N–C) groups is 1. The van der Waals surface area contributed by atoms with Crippen molar-refractivity contribution in [2.45, 2.75) is 32.7 Å². The Morgan fingerprint density at radius 3 is 2.57 bits per heavy atom. The second-order valence-corrected chi connectivity index (χ2v) is 5.06.